The first kappa shape index (κ1) is 26.0. The zero-order valence-electron chi connectivity index (χ0n) is 19.3. The quantitative estimate of drug-likeness (QED) is 0.274. The first-order valence-electron chi connectivity index (χ1n) is 11.1. The number of hydrogen-bond acceptors (Lipinski definition) is 6. The lowest BCUT2D eigenvalue weighted by Gasteiger charge is -2.23. The van der Waals surface area contributed by atoms with Crippen LogP contribution in [-0.4, -0.2) is 43.8 Å². The van der Waals surface area contributed by atoms with Gasteiger partial charge in [0.1, 0.15) is 10.8 Å². The van der Waals surface area contributed by atoms with Crippen molar-refractivity contribution in [3.05, 3.63) is 106 Å². The molecule has 2 aromatic heterocycles. The summed E-state index contributed by atoms with van der Waals surface area (Å²) in [6, 6.07) is 9.19. The molecule has 8 nitrogen and oxygen atoms in total. The van der Waals surface area contributed by atoms with Crippen LogP contribution in [0.1, 0.15) is 26.5 Å². The van der Waals surface area contributed by atoms with E-state index in [0.29, 0.717) is 11.1 Å². The Hall–Kier alpha value is -4.03. The van der Waals surface area contributed by atoms with Gasteiger partial charge in [0.25, 0.3) is 11.8 Å². The molecule has 2 atom stereocenters. The van der Waals surface area contributed by atoms with E-state index < -0.39 is 41.4 Å². The molecule has 2 amide bonds. The number of thiazole rings is 1. The minimum atomic E-state index is -1.57. The number of aliphatic hydroxyl groups excluding tert-OH is 1. The largest absolute Gasteiger partial charge is 0.381 e. The van der Waals surface area contributed by atoms with Crippen LogP contribution >= 0.6 is 11.3 Å². The van der Waals surface area contributed by atoms with Crippen molar-refractivity contribution in [3.63, 3.8) is 0 Å². The number of aliphatic hydroxyl groups is 1. The van der Waals surface area contributed by atoms with Crippen LogP contribution in [0.4, 0.5) is 13.2 Å². The maximum absolute atomic E-state index is 14.0. The van der Waals surface area contributed by atoms with Crippen LogP contribution < -0.4 is 10.6 Å². The van der Waals surface area contributed by atoms with Crippen molar-refractivity contribution < 1.29 is 27.9 Å². The van der Waals surface area contributed by atoms with Crippen molar-refractivity contribution >= 4 is 23.2 Å². The fraction of sp³-hybridized carbons (Fsp3) is 0.200. The van der Waals surface area contributed by atoms with Crippen molar-refractivity contribution in [1.29, 1.82) is 0 Å². The van der Waals surface area contributed by atoms with Gasteiger partial charge in [-0.25, -0.2) is 18.2 Å². The van der Waals surface area contributed by atoms with Crippen LogP contribution in [0.5, 0.6) is 0 Å². The smallest absolute Gasteiger partial charge is 0.254 e. The van der Waals surface area contributed by atoms with Crippen LogP contribution in [0, 0.1) is 17.5 Å². The highest BCUT2D eigenvalue weighted by Gasteiger charge is 2.28. The highest BCUT2D eigenvalue weighted by Crippen LogP contribution is 2.15. The number of nitrogens with zero attached hydrogens (tertiary/aromatic N) is 3. The average Bonchev–Trinajstić information content (AvgIpc) is 3.58. The van der Waals surface area contributed by atoms with E-state index in [1.807, 2.05) is 6.07 Å². The molecule has 3 N–H and O–H groups in total. The molecule has 0 aliphatic heterocycles. The summed E-state index contributed by atoms with van der Waals surface area (Å²) in [5, 5.41) is 22.4. The zero-order chi connectivity index (χ0) is 26.4. The topological polar surface area (TPSA) is 109 Å². The third kappa shape index (κ3) is 6.80. The first-order valence-corrected chi connectivity index (χ1v) is 12.0. The third-order valence-corrected chi connectivity index (χ3v) is 6.26. The van der Waals surface area contributed by atoms with Crippen molar-refractivity contribution in [2.75, 3.05) is 0 Å². The first-order chi connectivity index (χ1) is 17.8. The summed E-state index contributed by atoms with van der Waals surface area (Å²) in [7, 11) is 0. The molecular weight excluding hydrogens is 507 g/mol. The number of rotatable bonds is 10. The summed E-state index contributed by atoms with van der Waals surface area (Å²) < 4.78 is 41.9. The molecule has 0 radical (unpaired) electrons. The average molecular weight is 530 g/mol. The van der Waals surface area contributed by atoms with Gasteiger partial charge >= 0.3 is 0 Å². The number of hydrogen-bond donors (Lipinski definition) is 3. The summed E-state index contributed by atoms with van der Waals surface area (Å²) in [5.41, 5.74) is 0.698. The van der Waals surface area contributed by atoms with Gasteiger partial charge in [-0.05, 0) is 18.1 Å². The predicted octanol–water partition coefficient (Wildman–Crippen LogP) is 2.82. The minimum Gasteiger partial charge on any atom is -0.381 e. The van der Waals surface area contributed by atoms with Crippen LogP contribution in [-0.2, 0) is 24.3 Å². The lowest BCUT2D eigenvalue weighted by Crippen LogP contribution is -2.51. The van der Waals surface area contributed by atoms with Crippen molar-refractivity contribution in [2.45, 2.75) is 31.7 Å². The Labute approximate surface area is 213 Å². The number of carbonyl (C=O) groups excluding carboxylic acids is 2. The molecule has 0 aliphatic rings. The molecule has 2 heterocycles. The molecule has 0 fully saturated rings. The summed E-state index contributed by atoms with van der Waals surface area (Å²) >= 11 is 1.35. The molecule has 4 aromatic rings. The lowest BCUT2D eigenvalue weighted by atomic mass is 10.00. The number of aromatic nitrogens is 3. The summed E-state index contributed by atoms with van der Waals surface area (Å²) in [6.07, 6.45) is 2.69. The number of benzene rings is 2. The molecule has 0 saturated heterocycles. The number of amides is 2. The summed E-state index contributed by atoms with van der Waals surface area (Å²) in [6.45, 7) is -0.113. The van der Waals surface area contributed by atoms with Gasteiger partial charge in [0.15, 0.2) is 17.7 Å². The van der Waals surface area contributed by atoms with E-state index in [1.165, 1.54) is 28.4 Å². The second-order valence-corrected chi connectivity index (χ2v) is 9.12. The second-order valence-electron chi connectivity index (χ2n) is 8.14. The fourth-order valence-corrected chi connectivity index (χ4v) is 4.13. The molecule has 37 heavy (non-hydrogen) atoms. The Kier molecular flexibility index (Phi) is 8.31. The molecule has 0 bridgehead atoms. The fourth-order valence-electron chi connectivity index (χ4n) is 3.58. The normalized spacial score (nSPS) is 12.6. The number of carbonyl (C=O) groups is 2. The van der Waals surface area contributed by atoms with Gasteiger partial charge < -0.3 is 15.7 Å². The monoisotopic (exact) mass is 529 g/mol. The highest BCUT2D eigenvalue weighted by molar-refractivity contribution is 7.09. The Bertz CT molecular complexity index is 1370. The maximum Gasteiger partial charge on any atom is 0.254 e. The Morgan fingerprint density at radius 1 is 1.08 bits per heavy atom. The minimum absolute atomic E-state index is 0.0662. The van der Waals surface area contributed by atoms with Crippen molar-refractivity contribution in [3.8, 4) is 0 Å². The Morgan fingerprint density at radius 2 is 1.84 bits per heavy atom. The van der Waals surface area contributed by atoms with Gasteiger partial charge in [0.2, 0.25) is 0 Å². The van der Waals surface area contributed by atoms with Crippen molar-refractivity contribution in [1.82, 2.24) is 25.4 Å². The van der Waals surface area contributed by atoms with E-state index in [2.05, 4.69) is 20.7 Å². The van der Waals surface area contributed by atoms with E-state index in [1.54, 1.807) is 35.8 Å². The zero-order valence-corrected chi connectivity index (χ0v) is 20.1. The van der Waals surface area contributed by atoms with E-state index >= 15 is 0 Å². The van der Waals surface area contributed by atoms with Gasteiger partial charge in [0.05, 0.1) is 30.9 Å². The number of halogens is 3. The van der Waals surface area contributed by atoms with Crippen LogP contribution in [0.2, 0.25) is 0 Å². The molecule has 0 unspecified atom stereocenters. The van der Waals surface area contributed by atoms with E-state index in [-0.39, 0.29) is 30.6 Å². The van der Waals surface area contributed by atoms with Gasteiger partial charge in [0, 0.05) is 29.4 Å². The predicted molar refractivity (Wildman–Crippen MR) is 129 cm³/mol. The lowest BCUT2D eigenvalue weighted by molar-refractivity contribution is -0.130. The molecule has 192 valence electrons. The Balaban J connectivity index is 1.46. The SMILES string of the molecule is O=C(N[C@H](Cc1ccccc1)[C@H](O)C(=O)NCc1nccs1)c1cnn(Cc2cc(F)c(F)cc2F)c1. The summed E-state index contributed by atoms with van der Waals surface area (Å²) in [5.74, 6) is -4.77. The standard InChI is InChI=1S/C25H22F3N5O3S/c26-18-10-20(28)19(27)9-16(18)13-33-14-17(11-31-33)24(35)32-21(8-15-4-2-1-3-5-15)23(34)25(36)30-12-22-29-6-7-37-22/h1-7,9-11,14,21,23,34H,8,12-13H2,(H,30,36)(H,32,35)/t21-,23+/m1/s1. The van der Waals surface area contributed by atoms with Crippen LogP contribution in [0.25, 0.3) is 0 Å². The molecule has 0 saturated carbocycles. The van der Waals surface area contributed by atoms with Crippen LogP contribution in [0.3, 0.4) is 0 Å². The van der Waals surface area contributed by atoms with Gasteiger partial charge in [-0.15, -0.1) is 11.3 Å². The molecule has 12 heteroatoms. The van der Waals surface area contributed by atoms with E-state index in [0.717, 1.165) is 11.6 Å². The Morgan fingerprint density at radius 3 is 2.57 bits per heavy atom. The molecular formula is C25H22F3N5O3S. The van der Waals surface area contributed by atoms with E-state index in [9.17, 15) is 27.9 Å². The summed E-state index contributed by atoms with van der Waals surface area (Å²) in [4.78, 5) is 29.7. The number of nitrogens with one attached hydrogen (secondary N) is 2. The molecule has 0 aliphatic carbocycles. The highest BCUT2D eigenvalue weighted by atomic mass is 32.1. The van der Waals surface area contributed by atoms with E-state index in [4.69, 9.17) is 0 Å². The maximum atomic E-state index is 14.0. The third-order valence-electron chi connectivity index (χ3n) is 5.48. The van der Waals surface area contributed by atoms with Gasteiger partial charge in [-0.3, -0.25) is 14.3 Å². The molecule has 2 aromatic carbocycles. The molecule has 4 rings (SSSR count). The van der Waals surface area contributed by atoms with Gasteiger partial charge in [-0.1, -0.05) is 30.3 Å². The van der Waals surface area contributed by atoms with Gasteiger partial charge in [-0.2, -0.15) is 5.10 Å². The second kappa shape index (κ2) is 11.8. The molecule has 0 spiro atoms. The van der Waals surface area contributed by atoms with Crippen molar-refractivity contribution in [2.24, 2.45) is 0 Å². The van der Waals surface area contributed by atoms with Crippen LogP contribution in [0.15, 0.2) is 66.4 Å².